The maximum atomic E-state index is 11.1. The number of cyclic esters (lactones) is 1. The molecule has 2 saturated heterocycles. The Morgan fingerprint density at radius 1 is 1.24 bits per heavy atom. The highest BCUT2D eigenvalue weighted by atomic mass is 16.7. The van der Waals surface area contributed by atoms with Crippen molar-refractivity contribution in [3.05, 3.63) is 0 Å². The standard InChI is InChI=1S/C12H22N2O3/c1-12(2,3)17-14-6-4-13(5-7-14)10-8-11(15)16-9-10/h10H,4-9H2,1-3H3. The van der Waals surface area contributed by atoms with Crippen LogP contribution in [-0.2, 0) is 14.4 Å². The SMILES string of the molecule is CC(C)(C)ON1CCN(C2COC(=O)C2)CC1. The smallest absolute Gasteiger partial charge is 0.307 e. The summed E-state index contributed by atoms with van der Waals surface area (Å²) in [6, 6.07) is 0.277. The molecule has 5 nitrogen and oxygen atoms in total. The fourth-order valence-corrected chi connectivity index (χ4v) is 2.28. The van der Waals surface area contributed by atoms with Crippen LogP contribution in [0.1, 0.15) is 27.2 Å². The molecular weight excluding hydrogens is 220 g/mol. The Labute approximate surface area is 103 Å². The summed E-state index contributed by atoms with van der Waals surface area (Å²) < 4.78 is 5.00. The van der Waals surface area contributed by atoms with Gasteiger partial charge in [0, 0.05) is 26.2 Å². The van der Waals surface area contributed by atoms with E-state index >= 15 is 0 Å². The minimum absolute atomic E-state index is 0.0663. The predicted octanol–water partition coefficient (Wildman–Crippen LogP) is 0.650. The van der Waals surface area contributed by atoms with Gasteiger partial charge in [0.15, 0.2) is 0 Å². The number of hydrogen-bond acceptors (Lipinski definition) is 5. The normalized spacial score (nSPS) is 28.4. The van der Waals surface area contributed by atoms with Crippen molar-refractivity contribution in [1.82, 2.24) is 9.96 Å². The third kappa shape index (κ3) is 3.66. The Hall–Kier alpha value is -0.650. The summed E-state index contributed by atoms with van der Waals surface area (Å²) in [7, 11) is 0. The van der Waals surface area contributed by atoms with Crippen LogP contribution in [0, 0.1) is 0 Å². The van der Waals surface area contributed by atoms with Gasteiger partial charge >= 0.3 is 5.97 Å². The molecule has 1 atom stereocenters. The molecule has 2 aliphatic heterocycles. The van der Waals surface area contributed by atoms with Crippen LogP contribution in [-0.4, -0.2) is 60.4 Å². The highest BCUT2D eigenvalue weighted by Gasteiger charge is 2.32. The second-order valence-electron chi connectivity index (χ2n) is 5.71. The van der Waals surface area contributed by atoms with Crippen LogP contribution in [0.3, 0.4) is 0 Å². The first kappa shape index (κ1) is 12.8. The summed E-state index contributed by atoms with van der Waals surface area (Å²) in [5.41, 5.74) is -0.130. The number of hydroxylamine groups is 2. The molecule has 0 radical (unpaired) electrons. The van der Waals surface area contributed by atoms with Crippen molar-refractivity contribution in [2.75, 3.05) is 32.8 Å². The van der Waals surface area contributed by atoms with Crippen LogP contribution in [0.4, 0.5) is 0 Å². The van der Waals surface area contributed by atoms with E-state index in [1.165, 1.54) is 0 Å². The van der Waals surface area contributed by atoms with E-state index in [2.05, 4.69) is 25.7 Å². The van der Waals surface area contributed by atoms with Crippen LogP contribution in [0.2, 0.25) is 0 Å². The average molecular weight is 242 g/mol. The molecule has 0 N–H and O–H groups in total. The van der Waals surface area contributed by atoms with Gasteiger partial charge in [0.05, 0.1) is 18.1 Å². The topological polar surface area (TPSA) is 42.0 Å². The minimum atomic E-state index is -0.130. The third-order valence-electron chi connectivity index (χ3n) is 3.03. The van der Waals surface area contributed by atoms with Gasteiger partial charge in [0.1, 0.15) is 6.61 Å². The van der Waals surface area contributed by atoms with E-state index in [0.29, 0.717) is 13.0 Å². The van der Waals surface area contributed by atoms with Crippen LogP contribution in [0.5, 0.6) is 0 Å². The van der Waals surface area contributed by atoms with Gasteiger partial charge in [0.2, 0.25) is 0 Å². The monoisotopic (exact) mass is 242 g/mol. The summed E-state index contributed by atoms with van der Waals surface area (Å²) in [5, 5.41) is 2.02. The molecule has 0 amide bonds. The van der Waals surface area contributed by atoms with E-state index in [4.69, 9.17) is 9.57 Å². The lowest BCUT2D eigenvalue weighted by Crippen LogP contribution is -2.52. The van der Waals surface area contributed by atoms with Crippen molar-refractivity contribution in [3.63, 3.8) is 0 Å². The first-order valence-corrected chi connectivity index (χ1v) is 6.28. The van der Waals surface area contributed by atoms with Crippen molar-refractivity contribution in [3.8, 4) is 0 Å². The molecule has 5 heteroatoms. The second-order valence-corrected chi connectivity index (χ2v) is 5.71. The van der Waals surface area contributed by atoms with E-state index in [-0.39, 0.29) is 17.6 Å². The van der Waals surface area contributed by atoms with Gasteiger partial charge in [-0.05, 0) is 20.8 Å². The zero-order valence-corrected chi connectivity index (χ0v) is 10.9. The van der Waals surface area contributed by atoms with E-state index in [0.717, 1.165) is 26.2 Å². The fraction of sp³-hybridized carbons (Fsp3) is 0.917. The molecule has 0 spiro atoms. The molecule has 0 aromatic rings. The molecule has 17 heavy (non-hydrogen) atoms. The van der Waals surface area contributed by atoms with Gasteiger partial charge in [-0.15, -0.1) is 0 Å². The number of nitrogens with zero attached hydrogens (tertiary/aromatic N) is 2. The lowest BCUT2D eigenvalue weighted by Gasteiger charge is -2.38. The Morgan fingerprint density at radius 2 is 1.88 bits per heavy atom. The molecule has 2 fully saturated rings. The molecule has 0 bridgehead atoms. The van der Waals surface area contributed by atoms with Crippen molar-refractivity contribution in [2.24, 2.45) is 0 Å². The maximum Gasteiger partial charge on any atom is 0.307 e. The lowest BCUT2D eigenvalue weighted by atomic mass is 10.2. The number of carbonyl (C=O) groups excluding carboxylic acids is 1. The quantitative estimate of drug-likeness (QED) is 0.665. The van der Waals surface area contributed by atoms with Crippen LogP contribution in [0.15, 0.2) is 0 Å². The van der Waals surface area contributed by atoms with E-state index < -0.39 is 0 Å². The number of ether oxygens (including phenoxy) is 1. The maximum absolute atomic E-state index is 11.1. The van der Waals surface area contributed by atoms with Crippen LogP contribution >= 0.6 is 0 Å². The molecular formula is C12H22N2O3. The van der Waals surface area contributed by atoms with Gasteiger partial charge in [-0.3, -0.25) is 14.5 Å². The van der Waals surface area contributed by atoms with Gasteiger partial charge < -0.3 is 4.74 Å². The molecule has 0 saturated carbocycles. The van der Waals surface area contributed by atoms with E-state index in [1.54, 1.807) is 0 Å². The van der Waals surface area contributed by atoms with Gasteiger partial charge in [-0.25, -0.2) is 0 Å². The molecule has 0 aliphatic carbocycles. The van der Waals surface area contributed by atoms with Crippen molar-refractivity contribution in [1.29, 1.82) is 0 Å². The van der Waals surface area contributed by atoms with Gasteiger partial charge in [-0.1, -0.05) is 0 Å². The molecule has 0 aromatic heterocycles. The van der Waals surface area contributed by atoms with Crippen molar-refractivity contribution in [2.45, 2.75) is 38.8 Å². The Morgan fingerprint density at radius 3 is 2.35 bits per heavy atom. The number of esters is 1. The van der Waals surface area contributed by atoms with Crippen molar-refractivity contribution >= 4 is 5.97 Å². The number of piperazine rings is 1. The highest BCUT2D eigenvalue weighted by molar-refractivity contribution is 5.72. The lowest BCUT2D eigenvalue weighted by molar-refractivity contribution is -0.241. The molecule has 0 aromatic carbocycles. The van der Waals surface area contributed by atoms with Crippen molar-refractivity contribution < 1.29 is 14.4 Å². The largest absolute Gasteiger partial charge is 0.464 e. The first-order chi connectivity index (χ1) is 7.94. The summed E-state index contributed by atoms with van der Waals surface area (Å²) in [4.78, 5) is 19.2. The second kappa shape index (κ2) is 4.92. The Kier molecular flexibility index (Phi) is 3.70. The summed E-state index contributed by atoms with van der Waals surface area (Å²) in [6.07, 6.45) is 0.542. The molecule has 2 heterocycles. The molecule has 98 valence electrons. The van der Waals surface area contributed by atoms with Gasteiger partial charge in [-0.2, -0.15) is 5.06 Å². The zero-order chi connectivity index (χ0) is 12.5. The fourth-order valence-electron chi connectivity index (χ4n) is 2.28. The third-order valence-corrected chi connectivity index (χ3v) is 3.03. The van der Waals surface area contributed by atoms with E-state index in [1.807, 2.05) is 5.06 Å². The number of rotatable bonds is 2. The van der Waals surface area contributed by atoms with Crippen LogP contribution in [0.25, 0.3) is 0 Å². The number of hydrogen-bond donors (Lipinski definition) is 0. The zero-order valence-electron chi connectivity index (χ0n) is 10.9. The molecule has 2 aliphatic rings. The van der Waals surface area contributed by atoms with Gasteiger partial charge in [0.25, 0.3) is 0 Å². The van der Waals surface area contributed by atoms with Crippen LogP contribution < -0.4 is 0 Å². The summed E-state index contributed by atoms with van der Waals surface area (Å²) in [6.45, 7) is 10.4. The highest BCUT2D eigenvalue weighted by Crippen LogP contribution is 2.18. The molecule has 2 rings (SSSR count). The van der Waals surface area contributed by atoms with E-state index in [9.17, 15) is 4.79 Å². The first-order valence-electron chi connectivity index (χ1n) is 6.28. The summed E-state index contributed by atoms with van der Waals surface area (Å²) in [5.74, 6) is -0.0663. The summed E-state index contributed by atoms with van der Waals surface area (Å²) >= 11 is 0. The molecule has 1 unspecified atom stereocenters. The number of carbonyl (C=O) groups is 1. The Bertz CT molecular complexity index is 280. The predicted molar refractivity (Wildman–Crippen MR) is 63.3 cm³/mol. The Balaban J connectivity index is 1.76. The average Bonchev–Trinajstić information content (AvgIpc) is 2.63. The minimum Gasteiger partial charge on any atom is -0.464 e.